The molecule has 1 spiro atoms. The van der Waals surface area contributed by atoms with Crippen molar-refractivity contribution in [3.8, 4) is 0 Å². The van der Waals surface area contributed by atoms with Gasteiger partial charge in [0.1, 0.15) is 5.78 Å². The lowest BCUT2D eigenvalue weighted by molar-refractivity contribution is -0.336. The first-order valence-electron chi connectivity index (χ1n) is 9.10. The maximum atomic E-state index is 12.7. The lowest BCUT2D eigenvalue weighted by atomic mass is 9.53. The van der Waals surface area contributed by atoms with Gasteiger partial charge in [-0.2, -0.15) is 0 Å². The normalized spacial score (nSPS) is 41.5. The maximum absolute atomic E-state index is 12.7. The number of allylic oxidation sites excluding steroid dienone is 1. The second-order valence-electron chi connectivity index (χ2n) is 9.20. The first kappa shape index (κ1) is 17.2. The van der Waals surface area contributed by atoms with E-state index in [1.54, 1.807) is 6.92 Å². The van der Waals surface area contributed by atoms with Crippen LogP contribution in [-0.4, -0.2) is 24.8 Å². The van der Waals surface area contributed by atoms with Gasteiger partial charge >= 0.3 is 0 Å². The molecule has 3 nitrogen and oxygen atoms in total. The molecule has 0 aromatic carbocycles. The molecule has 23 heavy (non-hydrogen) atoms. The topological polar surface area (TPSA) is 35.5 Å². The number of ether oxygens (including phenoxy) is 2. The van der Waals surface area contributed by atoms with Crippen molar-refractivity contribution < 1.29 is 14.3 Å². The van der Waals surface area contributed by atoms with E-state index in [2.05, 4.69) is 27.4 Å². The van der Waals surface area contributed by atoms with Crippen molar-refractivity contribution in [1.82, 2.24) is 0 Å². The zero-order chi connectivity index (χ0) is 16.9. The van der Waals surface area contributed by atoms with Gasteiger partial charge in [0.2, 0.25) is 0 Å². The van der Waals surface area contributed by atoms with Crippen molar-refractivity contribution in [2.45, 2.75) is 72.0 Å². The van der Waals surface area contributed by atoms with Crippen LogP contribution in [0.25, 0.3) is 0 Å². The van der Waals surface area contributed by atoms with Crippen LogP contribution in [0, 0.1) is 22.2 Å². The molecule has 3 fully saturated rings. The van der Waals surface area contributed by atoms with Gasteiger partial charge in [0.15, 0.2) is 5.79 Å². The van der Waals surface area contributed by atoms with E-state index in [9.17, 15) is 4.79 Å². The van der Waals surface area contributed by atoms with E-state index in [1.165, 1.54) is 0 Å². The third-order valence-corrected chi connectivity index (χ3v) is 6.71. The van der Waals surface area contributed by atoms with Gasteiger partial charge in [-0.25, -0.2) is 0 Å². The SMILES string of the molecule is C=CC[C@]1(C)CCC[C@@]2(C(C)=O)CCC3(OCC(C)(C)CO3)[C@@H]12. The fourth-order valence-electron chi connectivity index (χ4n) is 5.66. The van der Waals surface area contributed by atoms with Gasteiger partial charge in [-0.3, -0.25) is 4.79 Å². The van der Waals surface area contributed by atoms with Gasteiger partial charge in [-0.1, -0.05) is 33.3 Å². The summed E-state index contributed by atoms with van der Waals surface area (Å²) in [5.74, 6) is -0.103. The zero-order valence-corrected chi connectivity index (χ0v) is 15.2. The van der Waals surface area contributed by atoms with Gasteiger partial charge in [0.05, 0.1) is 13.2 Å². The summed E-state index contributed by atoms with van der Waals surface area (Å²) >= 11 is 0. The minimum Gasteiger partial charge on any atom is -0.349 e. The molecule has 1 saturated heterocycles. The van der Waals surface area contributed by atoms with Crippen LogP contribution in [0.5, 0.6) is 0 Å². The lowest BCUT2D eigenvalue weighted by Gasteiger charge is -2.56. The highest BCUT2D eigenvalue weighted by Gasteiger charge is 2.68. The number of ketones is 1. The highest BCUT2D eigenvalue weighted by atomic mass is 16.7. The molecule has 0 aromatic heterocycles. The molecule has 1 aliphatic heterocycles. The molecule has 0 aromatic rings. The summed E-state index contributed by atoms with van der Waals surface area (Å²) in [6.45, 7) is 13.8. The molecule has 0 amide bonds. The summed E-state index contributed by atoms with van der Waals surface area (Å²) in [6.07, 6.45) is 7.90. The van der Waals surface area contributed by atoms with E-state index >= 15 is 0 Å². The number of Topliss-reactive ketones (excluding diaryl/α,β-unsaturated/α-hetero) is 1. The van der Waals surface area contributed by atoms with Crippen molar-refractivity contribution in [3.05, 3.63) is 12.7 Å². The third-order valence-electron chi connectivity index (χ3n) is 6.71. The van der Waals surface area contributed by atoms with Gasteiger partial charge < -0.3 is 9.47 Å². The van der Waals surface area contributed by atoms with E-state index in [0.717, 1.165) is 38.5 Å². The molecule has 0 bridgehead atoms. The predicted octanol–water partition coefficient (Wildman–Crippen LogP) is 4.51. The molecule has 1 heterocycles. The van der Waals surface area contributed by atoms with Gasteiger partial charge in [0.25, 0.3) is 0 Å². The molecule has 3 atom stereocenters. The number of hydrogen-bond donors (Lipinski definition) is 0. The predicted molar refractivity (Wildman–Crippen MR) is 91.0 cm³/mol. The number of carbonyl (C=O) groups excluding carboxylic acids is 1. The van der Waals surface area contributed by atoms with Crippen LogP contribution in [0.4, 0.5) is 0 Å². The van der Waals surface area contributed by atoms with Crippen molar-refractivity contribution >= 4 is 5.78 Å². The molecule has 130 valence electrons. The second kappa shape index (κ2) is 5.42. The van der Waals surface area contributed by atoms with E-state index in [0.29, 0.717) is 19.0 Å². The first-order valence-corrected chi connectivity index (χ1v) is 9.10. The average molecular weight is 320 g/mol. The number of carbonyl (C=O) groups is 1. The molecular weight excluding hydrogens is 288 g/mol. The monoisotopic (exact) mass is 320 g/mol. The summed E-state index contributed by atoms with van der Waals surface area (Å²) in [4.78, 5) is 12.7. The highest BCUT2D eigenvalue weighted by Crippen LogP contribution is 2.66. The molecule has 3 rings (SSSR count). The Hall–Kier alpha value is -0.670. The average Bonchev–Trinajstić information content (AvgIpc) is 2.81. The standard InChI is InChI=1S/C20H32O3/c1-6-8-18(5)9-7-10-19(15(2)21)11-12-20(16(18)19)22-13-17(3,4)14-23-20/h6,16H,1,7-14H2,2-5H3/t16-,18+,19-/m0/s1. The molecule has 3 aliphatic rings. The number of fused-ring (bicyclic) bond motifs is 2. The Morgan fingerprint density at radius 1 is 1.13 bits per heavy atom. The van der Waals surface area contributed by atoms with Gasteiger partial charge in [-0.15, -0.1) is 6.58 Å². The van der Waals surface area contributed by atoms with Crippen molar-refractivity contribution in [3.63, 3.8) is 0 Å². The Balaban J connectivity index is 2.03. The molecule has 2 saturated carbocycles. The van der Waals surface area contributed by atoms with Gasteiger partial charge in [-0.05, 0) is 38.0 Å². The van der Waals surface area contributed by atoms with E-state index in [4.69, 9.17) is 9.47 Å². The van der Waals surface area contributed by atoms with Crippen LogP contribution in [0.2, 0.25) is 0 Å². The first-order chi connectivity index (χ1) is 10.7. The molecule has 0 unspecified atom stereocenters. The lowest BCUT2D eigenvalue weighted by Crippen LogP contribution is -2.59. The van der Waals surface area contributed by atoms with Crippen LogP contribution >= 0.6 is 0 Å². The Kier molecular flexibility index (Phi) is 4.04. The smallest absolute Gasteiger partial charge is 0.172 e. The molecule has 2 aliphatic carbocycles. The second-order valence-corrected chi connectivity index (χ2v) is 9.20. The van der Waals surface area contributed by atoms with Crippen LogP contribution in [-0.2, 0) is 14.3 Å². The van der Waals surface area contributed by atoms with E-state index in [1.807, 2.05) is 6.08 Å². The largest absolute Gasteiger partial charge is 0.349 e. The Morgan fingerprint density at radius 2 is 1.78 bits per heavy atom. The van der Waals surface area contributed by atoms with Crippen LogP contribution in [0.1, 0.15) is 66.2 Å². The van der Waals surface area contributed by atoms with Crippen molar-refractivity contribution in [2.24, 2.45) is 22.2 Å². The fourth-order valence-corrected chi connectivity index (χ4v) is 5.66. The Bertz CT molecular complexity index is 499. The quantitative estimate of drug-likeness (QED) is 0.718. The fraction of sp³-hybridized carbons (Fsp3) is 0.850. The summed E-state index contributed by atoms with van der Waals surface area (Å²) < 4.78 is 12.8. The number of rotatable bonds is 3. The summed E-state index contributed by atoms with van der Waals surface area (Å²) in [5.41, 5.74) is -0.183. The van der Waals surface area contributed by atoms with Gasteiger partial charge in [0, 0.05) is 23.2 Å². The van der Waals surface area contributed by atoms with Crippen LogP contribution < -0.4 is 0 Å². The number of hydrogen-bond acceptors (Lipinski definition) is 3. The molecule has 0 radical (unpaired) electrons. The van der Waals surface area contributed by atoms with Crippen molar-refractivity contribution in [2.75, 3.05) is 13.2 Å². The summed E-state index contributed by atoms with van der Waals surface area (Å²) in [7, 11) is 0. The van der Waals surface area contributed by atoms with E-state index in [-0.39, 0.29) is 22.2 Å². The zero-order valence-electron chi connectivity index (χ0n) is 15.2. The summed E-state index contributed by atoms with van der Waals surface area (Å²) in [6, 6.07) is 0. The summed E-state index contributed by atoms with van der Waals surface area (Å²) in [5, 5.41) is 0. The molecule has 3 heteroatoms. The maximum Gasteiger partial charge on any atom is 0.172 e. The molecule has 0 N–H and O–H groups in total. The van der Waals surface area contributed by atoms with Crippen LogP contribution in [0.15, 0.2) is 12.7 Å². The van der Waals surface area contributed by atoms with Crippen LogP contribution in [0.3, 0.4) is 0 Å². The van der Waals surface area contributed by atoms with Crippen molar-refractivity contribution in [1.29, 1.82) is 0 Å². The third kappa shape index (κ3) is 2.51. The minimum absolute atomic E-state index is 0.0314. The molecular formula is C20H32O3. The highest BCUT2D eigenvalue weighted by molar-refractivity contribution is 5.83. The Labute approximate surface area is 140 Å². The van der Waals surface area contributed by atoms with E-state index < -0.39 is 5.79 Å². The minimum atomic E-state index is -0.570. The Morgan fingerprint density at radius 3 is 2.35 bits per heavy atom.